The van der Waals surface area contributed by atoms with E-state index in [2.05, 4.69) is 36.5 Å². The van der Waals surface area contributed by atoms with Gasteiger partial charge in [0.15, 0.2) is 0 Å². The van der Waals surface area contributed by atoms with Crippen molar-refractivity contribution in [1.29, 1.82) is 0 Å². The first-order valence-corrected chi connectivity index (χ1v) is 8.07. The topological polar surface area (TPSA) is 42.0 Å². The first-order chi connectivity index (χ1) is 8.95. The van der Waals surface area contributed by atoms with Gasteiger partial charge in [-0.25, -0.2) is 4.98 Å². The second-order valence-electron chi connectivity index (χ2n) is 6.43. The number of nitrogens with zero attached hydrogens (tertiary/aromatic N) is 1. The number of rotatable bonds is 4. The van der Waals surface area contributed by atoms with Crippen molar-refractivity contribution in [2.24, 2.45) is 0 Å². The van der Waals surface area contributed by atoms with E-state index in [9.17, 15) is 4.79 Å². The number of nitrogens with one attached hydrogen (secondary N) is 1. The molecule has 1 aromatic heterocycles. The van der Waals surface area contributed by atoms with Gasteiger partial charge >= 0.3 is 0 Å². The molecule has 1 saturated carbocycles. The van der Waals surface area contributed by atoms with Crippen LogP contribution in [-0.2, 0) is 16.6 Å². The number of carbonyl (C=O) groups excluding carboxylic acids is 1. The number of hydrogen-bond donors (Lipinski definition) is 1. The molecule has 1 aliphatic rings. The van der Waals surface area contributed by atoms with Gasteiger partial charge in [-0.05, 0) is 12.8 Å². The van der Waals surface area contributed by atoms with Crippen molar-refractivity contribution in [2.45, 2.75) is 70.8 Å². The molecule has 2 rings (SSSR count). The highest BCUT2D eigenvalue weighted by atomic mass is 32.1. The van der Waals surface area contributed by atoms with Crippen LogP contribution in [0.4, 0.5) is 0 Å². The highest BCUT2D eigenvalue weighted by Crippen LogP contribution is 2.24. The van der Waals surface area contributed by atoms with E-state index in [1.54, 1.807) is 11.3 Å². The Morgan fingerprint density at radius 3 is 2.68 bits per heavy atom. The Morgan fingerprint density at radius 1 is 1.42 bits per heavy atom. The summed E-state index contributed by atoms with van der Waals surface area (Å²) < 4.78 is 0. The molecule has 1 fully saturated rings. The Hall–Kier alpha value is -0.900. The van der Waals surface area contributed by atoms with Crippen molar-refractivity contribution in [3.05, 3.63) is 16.1 Å². The summed E-state index contributed by atoms with van der Waals surface area (Å²) in [5.74, 6) is 0.180. The molecule has 0 aliphatic heterocycles. The number of amides is 1. The average Bonchev–Trinajstić information content (AvgIpc) is 2.95. The molecule has 19 heavy (non-hydrogen) atoms. The van der Waals surface area contributed by atoms with Crippen LogP contribution in [0.2, 0.25) is 0 Å². The van der Waals surface area contributed by atoms with Crippen LogP contribution in [-0.4, -0.2) is 16.9 Å². The van der Waals surface area contributed by atoms with Crippen LogP contribution in [0.5, 0.6) is 0 Å². The molecule has 0 aromatic carbocycles. The second kappa shape index (κ2) is 6.04. The van der Waals surface area contributed by atoms with Crippen LogP contribution in [0.3, 0.4) is 0 Å². The second-order valence-corrected chi connectivity index (χ2v) is 7.37. The maximum Gasteiger partial charge on any atom is 0.220 e. The number of hydrogen-bond acceptors (Lipinski definition) is 3. The van der Waals surface area contributed by atoms with E-state index in [4.69, 9.17) is 0 Å². The zero-order chi connectivity index (χ0) is 13.9. The Kier molecular flexibility index (Phi) is 4.61. The molecule has 0 radical (unpaired) electrons. The molecule has 0 bridgehead atoms. The van der Waals surface area contributed by atoms with Crippen molar-refractivity contribution in [1.82, 2.24) is 10.3 Å². The lowest BCUT2D eigenvalue weighted by molar-refractivity contribution is -0.121. The van der Waals surface area contributed by atoms with Crippen molar-refractivity contribution < 1.29 is 4.79 Å². The molecule has 0 spiro atoms. The SMILES string of the molecule is CC(C)(C)c1csc(CCC(=O)NC2CCCC2)n1. The molecular weight excluding hydrogens is 256 g/mol. The predicted molar refractivity (Wildman–Crippen MR) is 79.5 cm³/mol. The van der Waals surface area contributed by atoms with Crippen molar-refractivity contribution >= 4 is 17.2 Å². The minimum Gasteiger partial charge on any atom is -0.353 e. The Balaban J connectivity index is 1.78. The lowest BCUT2D eigenvalue weighted by Gasteiger charge is -2.14. The highest BCUT2D eigenvalue weighted by molar-refractivity contribution is 7.09. The number of carbonyl (C=O) groups is 1. The largest absolute Gasteiger partial charge is 0.353 e. The molecule has 1 heterocycles. The fourth-order valence-corrected chi connectivity index (χ4v) is 3.39. The van der Waals surface area contributed by atoms with Gasteiger partial charge in [-0.1, -0.05) is 33.6 Å². The third kappa shape index (κ3) is 4.30. The van der Waals surface area contributed by atoms with Crippen LogP contribution in [0.1, 0.15) is 63.6 Å². The van der Waals surface area contributed by atoms with Gasteiger partial charge in [0.2, 0.25) is 5.91 Å². The first-order valence-electron chi connectivity index (χ1n) is 7.19. The molecule has 106 valence electrons. The van der Waals surface area contributed by atoms with Gasteiger partial charge < -0.3 is 5.32 Å². The maximum atomic E-state index is 11.8. The zero-order valence-electron chi connectivity index (χ0n) is 12.2. The Morgan fingerprint density at radius 2 is 2.11 bits per heavy atom. The van der Waals surface area contributed by atoms with Crippen molar-refractivity contribution in [2.75, 3.05) is 0 Å². The smallest absolute Gasteiger partial charge is 0.220 e. The van der Waals surface area contributed by atoms with Gasteiger partial charge in [0.25, 0.3) is 0 Å². The standard InChI is InChI=1S/C15H24N2OS/c1-15(2,3)12-10-19-14(17-12)9-8-13(18)16-11-6-4-5-7-11/h10-11H,4-9H2,1-3H3,(H,16,18). The number of aromatic nitrogens is 1. The lowest BCUT2D eigenvalue weighted by atomic mass is 9.93. The summed E-state index contributed by atoms with van der Waals surface area (Å²) in [6.07, 6.45) is 6.14. The molecule has 1 aromatic rings. The lowest BCUT2D eigenvalue weighted by Crippen LogP contribution is -2.32. The minimum absolute atomic E-state index is 0.0981. The first kappa shape index (κ1) is 14.5. The fourth-order valence-electron chi connectivity index (χ4n) is 2.36. The molecule has 3 nitrogen and oxygen atoms in total. The summed E-state index contributed by atoms with van der Waals surface area (Å²) in [5.41, 5.74) is 1.23. The third-order valence-corrected chi connectivity index (χ3v) is 4.51. The minimum atomic E-state index is 0.0981. The summed E-state index contributed by atoms with van der Waals surface area (Å²) in [5, 5.41) is 6.31. The summed E-state index contributed by atoms with van der Waals surface area (Å²) >= 11 is 1.67. The van der Waals surface area contributed by atoms with E-state index in [1.807, 2.05) is 0 Å². The molecule has 0 unspecified atom stereocenters. The van der Waals surface area contributed by atoms with Gasteiger partial charge in [0.05, 0.1) is 10.7 Å². The summed E-state index contributed by atoms with van der Waals surface area (Å²) in [6, 6.07) is 0.425. The van der Waals surface area contributed by atoms with E-state index in [1.165, 1.54) is 12.8 Å². The summed E-state index contributed by atoms with van der Waals surface area (Å²) in [6.45, 7) is 6.50. The average molecular weight is 280 g/mol. The van der Waals surface area contributed by atoms with Gasteiger partial charge in [-0.2, -0.15) is 0 Å². The van der Waals surface area contributed by atoms with E-state index in [0.29, 0.717) is 12.5 Å². The maximum absolute atomic E-state index is 11.8. The molecule has 1 aliphatic carbocycles. The fraction of sp³-hybridized carbons (Fsp3) is 0.733. The van der Waals surface area contributed by atoms with Gasteiger partial charge in [0, 0.05) is 29.7 Å². The molecule has 1 amide bonds. The number of aryl methyl sites for hydroxylation is 1. The Bertz CT molecular complexity index is 428. The van der Waals surface area contributed by atoms with Crippen molar-refractivity contribution in [3.63, 3.8) is 0 Å². The third-order valence-electron chi connectivity index (χ3n) is 3.61. The van der Waals surface area contributed by atoms with Crippen LogP contribution in [0, 0.1) is 0 Å². The molecule has 1 N–H and O–H groups in total. The summed E-state index contributed by atoms with van der Waals surface area (Å²) in [7, 11) is 0. The molecular formula is C15H24N2OS. The molecule has 4 heteroatoms. The van der Waals surface area contributed by atoms with Crippen LogP contribution >= 0.6 is 11.3 Å². The summed E-state index contributed by atoms with van der Waals surface area (Å²) in [4.78, 5) is 16.5. The van der Waals surface area contributed by atoms with Crippen LogP contribution < -0.4 is 5.32 Å². The zero-order valence-corrected chi connectivity index (χ0v) is 13.0. The monoisotopic (exact) mass is 280 g/mol. The predicted octanol–water partition coefficient (Wildman–Crippen LogP) is 3.43. The van der Waals surface area contributed by atoms with E-state index in [-0.39, 0.29) is 11.3 Å². The highest BCUT2D eigenvalue weighted by Gasteiger charge is 2.19. The van der Waals surface area contributed by atoms with Crippen LogP contribution in [0.15, 0.2) is 5.38 Å². The van der Waals surface area contributed by atoms with Crippen LogP contribution in [0.25, 0.3) is 0 Å². The van der Waals surface area contributed by atoms with E-state index in [0.717, 1.165) is 30.0 Å². The van der Waals surface area contributed by atoms with Gasteiger partial charge in [0.1, 0.15) is 0 Å². The van der Waals surface area contributed by atoms with E-state index < -0.39 is 0 Å². The Labute approximate surface area is 119 Å². The van der Waals surface area contributed by atoms with Gasteiger partial charge in [-0.3, -0.25) is 4.79 Å². The quantitative estimate of drug-likeness (QED) is 0.918. The number of thiazole rings is 1. The molecule has 0 atom stereocenters. The van der Waals surface area contributed by atoms with Gasteiger partial charge in [-0.15, -0.1) is 11.3 Å². The van der Waals surface area contributed by atoms with Crippen molar-refractivity contribution in [3.8, 4) is 0 Å². The normalized spacial score (nSPS) is 16.8. The molecule has 0 saturated heterocycles. The van der Waals surface area contributed by atoms with E-state index >= 15 is 0 Å².